The Morgan fingerprint density at radius 3 is 2.78 bits per heavy atom. The normalized spacial score (nSPS) is 16.1. The second kappa shape index (κ2) is 4.92. The molecule has 0 fully saturated rings. The zero-order valence-electron chi connectivity index (χ0n) is 10.4. The van der Waals surface area contributed by atoms with E-state index < -0.39 is 12.1 Å². The van der Waals surface area contributed by atoms with Gasteiger partial charge in [-0.3, -0.25) is 9.59 Å². The molecule has 1 aromatic heterocycles. The monoisotopic (exact) mass is 252 g/mol. The summed E-state index contributed by atoms with van der Waals surface area (Å²) in [5.41, 5.74) is 6.39. The highest BCUT2D eigenvalue weighted by Crippen LogP contribution is 2.19. The lowest BCUT2D eigenvalue weighted by atomic mass is 9.93. The molecule has 1 unspecified atom stereocenters. The number of carbonyl (C=O) groups is 1. The van der Waals surface area contributed by atoms with Crippen molar-refractivity contribution in [3.05, 3.63) is 33.2 Å². The van der Waals surface area contributed by atoms with Crippen LogP contribution in [0.2, 0.25) is 0 Å². The third-order valence-electron chi connectivity index (χ3n) is 3.30. The van der Waals surface area contributed by atoms with Gasteiger partial charge < -0.3 is 10.3 Å². The number of rotatable bonds is 3. The first-order chi connectivity index (χ1) is 8.50. The van der Waals surface area contributed by atoms with E-state index in [1.54, 1.807) is 4.57 Å². The highest BCUT2D eigenvalue weighted by atomic mass is 19.1. The van der Waals surface area contributed by atoms with Gasteiger partial charge >= 0.3 is 0 Å². The Labute approximate surface area is 105 Å². The predicted molar refractivity (Wildman–Crippen MR) is 66.4 cm³/mol. The molecule has 1 aliphatic carbocycles. The summed E-state index contributed by atoms with van der Waals surface area (Å²) in [6.45, 7) is 1.61. The van der Waals surface area contributed by atoms with Crippen molar-refractivity contribution >= 4 is 5.91 Å². The van der Waals surface area contributed by atoms with Crippen LogP contribution in [-0.4, -0.2) is 16.6 Å². The van der Waals surface area contributed by atoms with Gasteiger partial charge in [-0.15, -0.1) is 0 Å². The molecule has 5 heteroatoms. The van der Waals surface area contributed by atoms with Crippen LogP contribution >= 0.6 is 0 Å². The summed E-state index contributed by atoms with van der Waals surface area (Å²) in [7, 11) is 0. The van der Waals surface area contributed by atoms with Crippen LogP contribution in [0.3, 0.4) is 0 Å². The minimum Gasteiger partial charge on any atom is -0.365 e. The van der Waals surface area contributed by atoms with Crippen molar-refractivity contribution in [2.24, 2.45) is 5.73 Å². The van der Waals surface area contributed by atoms with Crippen molar-refractivity contribution in [1.29, 1.82) is 0 Å². The molecule has 0 aromatic carbocycles. The first-order valence-electron chi connectivity index (χ1n) is 6.19. The molecule has 1 heterocycles. The van der Waals surface area contributed by atoms with Crippen LogP contribution < -0.4 is 11.2 Å². The number of alkyl halides is 1. The smallest absolute Gasteiger partial charge is 0.254 e. The fourth-order valence-corrected chi connectivity index (χ4v) is 2.52. The van der Waals surface area contributed by atoms with E-state index in [1.165, 1.54) is 13.1 Å². The molecule has 0 bridgehead atoms. The number of carbonyl (C=O) groups excluding carboxylic acids is 1. The van der Waals surface area contributed by atoms with Gasteiger partial charge in [0.1, 0.15) is 11.7 Å². The largest absolute Gasteiger partial charge is 0.365 e. The van der Waals surface area contributed by atoms with Crippen LogP contribution in [0.1, 0.15) is 41.4 Å². The molecule has 0 aliphatic heterocycles. The Morgan fingerprint density at radius 1 is 1.50 bits per heavy atom. The number of hydrogen-bond donors (Lipinski definition) is 1. The van der Waals surface area contributed by atoms with Crippen molar-refractivity contribution in [1.82, 2.24) is 4.57 Å². The Bertz CT molecular complexity index is 535. The quantitative estimate of drug-likeness (QED) is 0.878. The number of fused-ring (bicyclic) bond motifs is 1. The average molecular weight is 252 g/mol. The zero-order valence-corrected chi connectivity index (χ0v) is 10.4. The SMILES string of the molecule is CC(F)Cn1cc(C(N)=O)c(=O)c2c1CCCC2. The van der Waals surface area contributed by atoms with Crippen molar-refractivity contribution in [3.8, 4) is 0 Å². The number of primary amides is 1. The van der Waals surface area contributed by atoms with Gasteiger partial charge in [0.25, 0.3) is 5.91 Å². The molecule has 98 valence electrons. The highest BCUT2D eigenvalue weighted by molar-refractivity contribution is 5.92. The van der Waals surface area contributed by atoms with Crippen molar-refractivity contribution in [2.45, 2.75) is 45.3 Å². The lowest BCUT2D eigenvalue weighted by Crippen LogP contribution is -2.31. The van der Waals surface area contributed by atoms with Crippen LogP contribution in [-0.2, 0) is 19.4 Å². The number of amides is 1. The Hall–Kier alpha value is -1.65. The standard InChI is InChI=1S/C13H17FN2O2/c1-8(14)6-16-7-10(13(15)18)12(17)9-4-2-3-5-11(9)16/h7-8H,2-6H2,1H3,(H2,15,18). The first kappa shape index (κ1) is 12.8. The highest BCUT2D eigenvalue weighted by Gasteiger charge is 2.21. The number of halogens is 1. The molecule has 0 saturated carbocycles. The van der Waals surface area contributed by atoms with Crippen LogP contribution in [0.15, 0.2) is 11.0 Å². The molecule has 1 aromatic rings. The molecule has 1 aliphatic rings. The zero-order chi connectivity index (χ0) is 13.3. The van der Waals surface area contributed by atoms with Crippen molar-refractivity contribution < 1.29 is 9.18 Å². The minimum absolute atomic E-state index is 0.0312. The number of nitrogens with two attached hydrogens (primary N) is 1. The molecular weight excluding hydrogens is 235 g/mol. The number of aromatic nitrogens is 1. The second-order valence-electron chi connectivity index (χ2n) is 4.80. The van der Waals surface area contributed by atoms with Crippen molar-refractivity contribution in [2.75, 3.05) is 0 Å². The fourth-order valence-electron chi connectivity index (χ4n) is 2.52. The third-order valence-corrected chi connectivity index (χ3v) is 3.30. The maximum Gasteiger partial charge on any atom is 0.254 e. The van der Waals surface area contributed by atoms with E-state index in [-0.39, 0.29) is 17.5 Å². The average Bonchev–Trinajstić information content (AvgIpc) is 2.32. The lowest BCUT2D eigenvalue weighted by Gasteiger charge is -2.22. The van der Waals surface area contributed by atoms with Gasteiger partial charge in [-0.2, -0.15) is 0 Å². The first-order valence-corrected chi connectivity index (χ1v) is 6.19. The molecule has 18 heavy (non-hydrogen) atoms. The minimum atomic E-state index is -1.03. The predicted octanol–water partition coefficient (Wildman–Crippen LogP) is 1.18. The summed E-state index contributed by atoms with van der Waals surface area (Å²) in [5.74, 6) is -0.742. The summed E-state index contributed by atoms with van der Waals surface area (Å²) in [4.78, 5) is 23.3. The molecule has 0 radical (unpaired) electrons. The fraction of sp³-hybridized carbons (Fsp3) is 0.538. The topological polar surface area (TPSA) is 65.1 Å². The molecule has 1 atom stereocenters. The molecule has 2 rings (SSSR count). The summed E-state index contributed by atoms with van der Waals surface area (Å²) in [5, 5.41) is 0. The van der Waals surface area contributed by atoms with E-state index in [2.05, 4.69) is 0 Å². The lowest BCUT2D eigenvalue weighted by molar-refractivity contribution is 0.0998. The Kier molecular flexibility index (Phi) is 3.50. The number of nitrogens with zero attached hydrogens (tertiary/aromatic N) is 1. The van der Waals surface area contributed by atoms with Crippen LogP contribution in [0.5, 0.6) is 0 Å². The van der Waals surface area contributed by atoms with Crippen LogP contribution in [0.25, 0.3) is 0 Å². The second-order valence-corrected chi connectivity index (χ2v) is 4.80. The maximum absolute atomic E-state index is 13.2. The van der Waals surface area contributed by atoms with E-state index in [0.717, 1.165) is 25.0 Å². The van der Waals surface area contributed by atoms with E-state index in [1.807, 2.05) is 0 Å². The maximum atomic E-state index is 13.2. The van der Waals surface area contributed by atoms with Crippen LogP contribution in [0, 0.1) is 0 Å². The van der Waals surface area contributed by atoms with Gasteiger partial charge in [0.05, 0.1) is 6.54 Å². The molecule has 1 amide bonds. The molecule has 4 nitrogen and oxygen atoms in total. The Morgan fingerprint density at radius 2 is 2.17 bits per heavy atom. The van der Waals surface area contributed by atoms with Gasteiger partial charge in [0.15, 0.2) is 5.43 Å². The van der Waals surface area contributed by atoms with Gasteiger partial charge in [0, 0.05) is 17.5 Å². The van der Waals surface area contributed by atoms with Gasteiger partial charge in [0.2, 0.25) is 0 Å². The van der Waals surface area contributed by atoms with Crippen LogP contribution in [0.4, 0.5) is 4.39 Å². The number of pyridine rings is 1. The van der Waals surface area contributed by atoms with E-state index in [0.29, 0.717) is 12.0 Å². The van der Waals surface area contributed by atoms with E-state index in [9.17, 15) is 14.0 Å². The number of hydrogen-bond acceptors (Lipinski definition) is 2. The Balaban J connectivity index is 2.61. The van der Waals surface area contributed by atoms with E-state index in [4.69, 9.17) is 5.73 Å². The third kappa shape index (κ3) is 2.30. The summed E-state index contributed by atoms with van der Waals surface area (Å²) >= 11 is 0. The summed E-state index contributed by atoms with van der Waals surface area (Å²) in [6.07, 6.45) is 3.70. The van der Waals surface area contributed by atoms with Gasteiger partial charge in [-0.25, -0.2) is 4.39 Å². The molecule has 0 saturated heterocycles. The van der Waals surface area contributed by atoms with E-state index >= 15 is 0 Å². The van der Waals surface area contributed by atoms with Gasteiger partial charge in [-0.1, -0.05) is 0 Å². The molecular formula is C13H17FN2O2. The molecule has 2 N–H and O–H groups in total. The van der Waals surface area contributed by atoms with Gasteiger partial charge in [-0.05, 0) is 32.6 Å². The summed E-state index contributed by atoms with van der Waals surface area (Å²) < 4.78 is 14.9. The summed E-state index contributed by atoms with van der Waals surface area (Å²) in [6, 6.07) is 0. The molecule has 0 spiro atoms. The van der Waals surface area contributed by atoms with Crippen molar-refractivity contribution in [3.63, 3.8) is 0 Å².